The zero-order valence-electron chi connectivity index (χ0n) is 16.4. The van der Waals surface area contributed by atoms with Crippen molar-refractivity contribution < 1.29 is 9.90 Å². The van der Waals surface area contributed by atoms with Crippen molar-refractivity contribution in [3.63, 3.8) is 0 Å². The van der Waals surface area contributed by atoms with E-state index in [9.17, 15) is 9.90 Å². The zero-order valence-corrected chi connectivity index (χ0v) is 16.4. The summed E-state index contributed by atoms with van der Waals surface area (Å²) >= 11 is 0. The molecule has 144 valence electrons. The monoisotopic (exact) mass is 374 g/mol. The van der Waals surface area contributed by atoms with Gasteiger partial charge in [-0.05, 0) is 47.6 Å². The minimum atomic E-state index is -0.741. The molecule has 1 fully saturated rings. The van der Waals surface area contributed by atoms with Gasteiger partial charge in [-0.2, -0.15) is 0 Å². The van der Waals surface area contributed by atoms with E-state index in [0.717, 1.165) is 35.0 Å². The Balaban J connectivity index is 1.81. The number of likely N-dealkylation sites (tertiary alicyclic amines) is 1. The van der Waals surface area contributed by atoms with Crippen molar-refractivity contribution in [1.29, 1.82) is 0 Å². The van der Waals surface area contributed by atoms with Gasteiger partial charge < -0.3 is 5.11 Å². The number of hydrogen-bond donors (Lipinski definition) is 1. The fraction of sp³-hybridized carbons (Fsp3) is 0.333. The van der Waals surface area contributed by atoms with Gasteiger partial charge in [-0.25, -0.2) is 0 Å². The highest BCUT2D eigenvalue weighted by Gasteiger charge is 2.37. The summed E-state index contributed by atoms with van der Waals surface area (Å²) in [4.78, 5) is 18.6. The predicted molar refractivity (Wildman–Crippen MR) is 111 cm³/mol. The number of para-hydroxylation sites is 1. The first-order valence-electron chi connectivity index (χ1n) is 9.97. The Morgan fingerprint density at radius 3 is 2.50 bits per heavy atom. The van der Waals surface area contributed by atoms with Crippen LogP contribution in [0.4, 0.5) is 0 Å². The van der Waals surface area contributed by atoms with E-state index >= 15 is 0 Å². The van der Waals surface area contributed by atoms with Crippen molar-refractivity contribution in [3.8, 4) is 0 Å². The number of pyridine rings is 1. The van der Waals surface area contributed by atoms with Gasteiger partial charge in [0.2, 0.25) is 0 Å². The average Bonchev–Trinajstić information content (AvgIpc) is 3.18. The first-order chi connectivity index (χ1) is 13.5. The molecule has 2 heterocycles. The van der Waals surface area contributed by atoms with Gasteiger partial charge in [0.25, 0.3) is 0 Å². The lowest BCUT2D eigenvalue weighted by atomic mass is 9.93. The minimum Gasteiger partial charge on any atom is -0.480 e. The molecule has 2 unspecified atom stereocenters. The van der Waals surface area contributed by atoms with Crippen LogP contribution in [0.5, 0.6) is 0 Å². The van der Waals surface area contributed by atoms with Crippen molar-refractivity contribution in [2.45, 2.75) is 44.7 Å². The molecule has 4 rings (SSSR count). The zero-order chi connectivity index (χ0) is 19.7. The molecule has 0 spiro atoms. The van der Waals surface area contributed by atoms with Crippen LogP contribution in [0.2, 0.25) is 0 Å². The van der Waals surface area contributed by atoms with Crippen molar-refractivity contribution in [1.82, 2.24) is 9.88 Å². The second kappa shape index (κ2) is 7.72. The third-order valence-electron chi connectivity index (χ3n) is 5.76. The molecule has 1 aliphatic heterocycles. The fourth-order valence-corrected chi connectivity index (χ4v) is 4.24. The molecular weight excluding hydrogens is 348 g/mol. The predicted octanol–water partition coefficient (Wildman–Crippen LogP) is 5.00. The summed E-state index contributed by atoms with van der Waals surface area (Å²) in [5.74, 6) is -0.275. The molecule has 3 aromatic rings. The number of hydrogen-bond acceptors (Lipinski definition) is 3. The molecule has 28 heavy (non-hydrogen) atoms. The number of carbonyl (C=O) groups is 1. The van der Waals surface area contributed by atoms with E-state index in [0.29, 0.717) is 12.3 Å². The summed E-state index contributed by atoms with van der Waals surface area (Å²) in [5, 5.41) is 10.8. The number of carboxylic acids is 1. The summed E-state index contributed by atoms with van der Waals surface area (Å²) in [6.45, 7) is 5.14. The Morgan fingerprint density at radius 2 is 1.79 bits per heavy atom. The van der Waals surface area contributed by atoms with Crippen LogP contribution in [0.25, 0.3) is 10.9 Å². The number of aromatic nitrogens is 1. The largest absolute Gasteiger partial charge is 0.480 e. The molecule has 1 saturated heterocycles. The van der Waals surface area contributed by atoms with Crippen LogP contribution in [0, 0.1) is 0 Å². The van der Waals surface area contributed by atoms with E-state index in [1.54, 1.807) is 0 Å². The van der Waals surface area contributed by atoms with E-state index in [2.05, 4.69) is 60.1 Å². The standard InChI is InChI=1S/C24H26N2O2/c1-16(2)17-9-11-18(12-10-17)23(26-13-5-8-22(26)24(27)28)20-14-19-6-3-4-7-21(19)25-15-20/h3-4,6-7,9-12,14-16,22-23H,5,8,13H2,1-2H3,(H,27,28). The fourth-order valence-electron chi connectivity index (χ4n) is 4.24. The SMILES string of the molecule is CC(C)c1ccc(C(c2cnc3ccccc3c2)N2CCCC2C(=O)O)cc1. The number of nitrogens with zero attached hydrogens (tertiary/aromatic N) is 2. The summed E-state index contributed by atoms with van der Waals surface area (Å²) < 4.78 is 0. The molecule has 0 bridgehead atoms. The third-order valence-corrected chi connectivity index (χ3v) is 5.76. The van der Waals surface area contributed by atoms with E-state index in [1.807, 2.05) is 24.4 Å². The Bertz CT molecular complexity index is 981. The molecule has 0 radical (unpaired) electrons. The first-order valence-corrected chi connectivity index (χ1v) is 9.97. The Labute approximate surface area is 165 Å². The number of fused-ring (bicyclic) bond motifs is 1. The van der Waals surface area contributed by atoms with Crippen LogP contribution >= 0.6 is 0 Å². The second-order valence-corrected chi connectivity index (χ2v) is 7.92. The van der Waals surface area contributed by atoms with E-state index in [-0.39, 0.29) is 6.04 Å². The molecule has 4 nitrogen and oxygen atoms in total. The molecular formula is C24H26N2O2. The molecule has 0 aliphatic carbocycles. The topological polar surface area (TPSA) is 53.4 Å². The lowest BCUT2D eigenvalue weighted by molar-refractivity contribution is -0.142. The highest BCUT2D eigenvalue weighted by Crippen LogP contribution is 2.36. The molecule has 2 atom stereocenters. The van der Waals surface area contributed by atoms with Crippen molar-refractivity contribution in [2.75, 3.05) is 6.54 Å². The third kappa shape index (κ3) is 3.52. The maximum Gasteiger partial charge on any atom is 0.320 e. The maximum absolute atomic E-state index is 11.9. The van der Waals surface area contributed by atoms with Gasteiger partial charge in [0.15, 0.2) is 0 Å². The Morgan fingerprint density at radius 1 is 1.07 bits per heavy atom. The summed E-state index contributed by atoms with van der Waals surface area (Å²) in [7, 11) is 0. The van der Waals surface area contributed by atoms with E-state index < -0.39 is 12.0 Å². The van der Waals surface area contributed by atoms with Gasteiger partial charge in [-0.1, -0.05) is 56.3 Å². The molecule has 1 aromatic heterocycles. The molecule has 1 aliphatic rings. The van der Waals surface area contributed by atoms with Crippen LogP contribution in [0.1, 0.15) is 55.3 Å². The van der Waals surface area contributed by atoms with Crippen molar-refractivity contribution in [3.05, 3.63) is 77.5 Å². The minimum absolute atomic E-state index is 0.109. The maximum atomic E-state index is 11.9. The highest BCUT2D eigenvalue weighted by molar-refractivity contribution is 5.79. The number of aliphatic carboxylic acids is 1. The van der Waals surface area contributed by atoms with E-state index in [1.165, 1.54) is 5.56 Å². The normalized spacial score (nSPS) is 18.6. The quantitative estimate of drug-likeness (QED) is 0.683. The van der Waals surface area contributed by atoms with Gasteiger partial charge in [0.1, 0.15) is 6.04 Å². The van der Waals surface area contributed by atoms with Crippen LogP contribution in [-0.2, 0) is 4.79 Å². The van der Waals surface area contributed by atoms with Crippen LogP contribution in [0.3, 0.4) is 0 Å². The van der Waals surface area contributed by atoms with Crippen molar-refractivity contribution >= 4 is 16.9 Å². The summed E-state index contributed by atoms with van der Waals surface area (Å²) in [5.41, 5.74) is 4.41. The van der Waals surface area contributed by atoms with Crippen molar-refractivity contribution in [2.24, 2.45) is 0 Å². The Kier molecular flexibility index (Phi) is 5.14. The number of carboxylic acid groups (broad SMARTS) is 1. The second-order valence-electron chi connectivity index (χ2n) is 7.92. The van der Waals surface area contributed by atoms with Crippen LogP contribution < -0.4 is 0 Å². The van der Waals surface area contributed by atoms with Gasteiger partial charge in [-0.3, -0.25) is 14.7 Å². The molecule has 4 heteroatoms. The van der Waals surface area contributed by atoms with Gasteiger partial charge in [0, 0.05) is 18.1 Å². The number of rotatable bonds is 5. The lowest BCUT2D eigenvalue weighted by Crippen LogP contribution is -2.39. The van der Waals surface area contributed by atoms with Gasteiger partial charge >= 0.3 is 5.97 Å². The van der Waals surface area contributed by atoms with Crippen LogP contribution in [-0.4, -0.2) is 33.5 Å². The number of benzene rings is 2. The Hall–Kier alpha value is -2.72. The molecule has 0 saturated carbocycles. The van der Waals surface area contributed by atoms with E-state index in [4.69, 9.17) is 0 Å². The highest BCUT2D eigenvalue weighted by atomic mass is 16.4. The average molecular weight is 374 g/mol. The summed E-state index contributed by atoms with van der Waals surface area (Å²) in [6, 6.07) is 18.3. The molecule has 2 aromatic carbocycles. The molecule has 1 N–H and O–H groups in total. The smallest absolute Gasteiger partial charge is 0.320 e. The summed E-state index contributed by atoms with van der Waals surface area (Å²) in [6.07, 6.45) is 3.50. The van der Waals surface area contributed by atoms with Gasteiger partial charge in [-0.15, -0.1) is 0 Å². The first kappa shape index (κ1) is 18.6. The van der Waals surface area contributed by atoms with Crippen LogP contribution in [0.15, 0.2) is 60.8 Å². The lowest BCUT2D eigenvalue weighted by Gasteiger charge is -2.32. The van der Waals surface area contributed by atoms with Gasteiger partial charge in [0.05, 0.1) is 11.6 Å². The molecule has 0 amide bonds.